The van der Waals surface area contributed by atoms with Gasteiger partial charge in [0.1, 0.15) is 0 Å². The minimum absolute atomic E-state index is 0.0268. The van der Waals surface area contributed by atoms with E-state index in [0.717, 1.165) is 0 Å². The Bertz CT molecular complexity index is 1140. The van der Waals surface area contributed by atoms with Gasteiger partial charge in [0.25, 0.3) is 5.91 Å². The maximum Gasteiger partial charge on any atom is 0.379 e. The van der Waals surface area contributed by atoms with Gasteiger partial charge in [-0.05, 0) is 42.0 Å². The third kappa shape index (κ3) is 5.69. The van der Waals surface area contributed by atoms with Crippen molar-refractivity contribution in [2.24, 2.45) is 5.10 Å². The van der Waals surface area contributed by atoms with Crippen molar-refractivity contribution in [2.75, 3.05) is 13.7 Å². The number of carbonyl (C=O) groups is 2. The number of nitrogens with one attached hydrogen (secondary N) is 1. The molecule has 2 aromatic carbocycles. The maximum atomic E-state index is 12.0. The number of esters is 1. The zero-order valence-corrected chi connectivity index (χ0v) is 16.7. The van der Waals surface area contributed by atoms with Crippen LogP contribution in [0.1, 0.15) is 16.1 Å². The molecule has 164 valence electrons. The number of nitro benzene ring substituents is 1. The van der Waals surface area contributed by atoms with E-state index in [-0.39, 0.29) is 28.7 Å². The van der Waals surface area contributed by atoms with Crippen LogP contribution in [0.5, 0.6) is 17.2 Å². The van der Waals surface area contributed by atoms with E-state index in [0.29, 0.717) is 5.56 Å². The fraction of sp³-hybridized carbons (Fsp3) is 0.0952. The maximum absolute atomic E-state index is 12.0. The lowest BCUT2D eigenvalue weighted by molar-refractivity contribution is -0.385. The molecule has 0 fully saturated rings. The number of rotatable bonds is 9. The van der Waals surface area contributed by atoms with Crippen molar-refractivity contribution in [3.63, 3.8) is 0 Å². The van der Waals surface area contributed by atoms with Crippen LogP contribution in [0.4, 0.5) is 5.69 Å². The molecule has 1 heterocycles. The van der Waals surface area contributed by atoms with Gasteiger partial charge in [0.2, 0.25) is 5.76 Å². The number of furan rings is 1. The molecule has 0 aliphatic rings. The Morgan fingerprint density at radius 2 is 1.94 bits per heavy atom. The molecule has 0 unspecified atom stereocenters. The smallest absolute Gasteiger partial charge is 0.379 e. The van der Waals surface area contributed by atoms with Crippen LogP contribution in [0.15, 0.2) is 70.4 Å². The largest absolute Gasteiger partial charge is 0.493 e. The number of hydrogen-bond donors (Lipinski definition) is 1. The molecular formula is C21H17N3O8. The van der Waals surface area contributed by atoms with Crippen LogP contribution < -0.4 is 19.6 Å². The first-order valence-electron chi connectivity index (χ1n) is 9.10. The molecule has 1 N–H and O–H groups in total. The molecule has 3 rings (SSSR count). The van der Waals surface area contributed by atoms with Gasteiger partial charge < -0.3 is 18.6 Å². The van der Waals surface area contributed by atoms with E-state index >= 15 is 0 Å². The van der Waals surface area contributed by atoms with E-state index in [1.807, 2.05) is 0 Å². The Kier molecular flexibility index (Phi) is 7.15. The number of para-hydroxylation sites is 2. The molecule has 0 atom stereocenters. The van der Waals surface area contributed by atoms with Crippen LogP contribution in [0.3, 0.4) is 0 Å². The number of nitrogens with zero attached hydrogens (tertiary/aromatic N) is 2. The molecule has 3 aromatic rings. The predicted octanol–water partition coefficient (Wildman–Crippen LogP) is 2.94. The minimum atomic E-state index is -0.680. The van der Waals surface area contributed by atoms with Crippen molar-refractivity contribution in [1.82, 2.24) is 5.43 Å². The van der Waals surface area contributed by atoms with Crippen molar-refractivity contribution < 1.29 is 33.1 Å². The fourth-order valence-electron chi connectivity index (χ4n) is 2.48. The van der Waals surface area contributed by atoms with Crippen LogP contribution >= 0.6 is 0 Å². The molecule has 11 heteroatoms. The van der Waals surface area contributed by atoms with Crippen LogP contribution in [-0.2, 0) is 4.79 Å². The molecular weight excluding hydrogens is 422 g/mol. The van der Waals surface area contributed by atoms with Gasteiger partial charge >= 0.3 is 11.7 Å². The first-order valence-corrected chi connectivity index (χ1v) is 9.10. The highest BCUT2D eigenvalue weighted by Crippen LogP contribution is 2.28. The average Bonchev–Trinajstić information content (AvgIpc) is 3.34. The molecule has 1 amide bonds. The summed E-state index contributed by atoms with van der Waals surface area (Å²) in [6, 6.07) is 13.4. The van der Waals surface area contributed by atoms with Crippen molar-refractivity contribution >= 4 is 23.8 Å². The van der Waals surface area contributed by atoms with Crippen molar-refractivity contribution in [3.8, 4) is 17.2 Å². The summed E-state index contributed by atoms with van der Waals surface area (Å²) >= 11 is 0. The molecule has 0 spiro atoms. The van der Waals surface area contributed by atoms with Crippen LogP contribution in [0, 0.1) is 10.1 Å². The SMILES string of the molecule is COc1cc(/C=N/NC(=O)COc2ccccc2[N+](=O)[O-])ccc1OC(=O)c1ccco1. The lowest BCUT2D eigenvalue weighted by atomic mass is 10.2. The zero-order valence-electron chi connectivity index (χ0n) is 16.7. The molecule has 32 heavy (non-hydrogen) atoms. The highest BCUT2D eigenvalue weighted by molar-refractivity contribution is 5.89. The number of nitro groups is 1. The molecule has 0 radical (unpaired) electrons. The third-order valence-corrected chi connectivity index (χ3v) is 3.94. The number of ether oxygens (including phenoxy) is 3. The van der Waals surface area contributed by atoms with Crippen molar-refractivity contribution in [2.45, 2.75) is 0 Å². The van der Waals surface area contributed by atoms with Gasteiger partial charge in [-0.3, -0.25) is 14.9 Å². The summed E-state index contributed by atoms with van der Waals surface area (Å²) in [5.74, 6) is -0.839. The van der Waals surface area contributed by atoms with Gasteiger partial charge in [0.15, 0.2) is 23.9 Å². The van der Waals surface area contributed by atoms with Gasteiger partial charge in [-0.25, -0.2) is 10.2 Å². The van der Waals surface area contributed by atoms with Gasteiger partial charge in [-0.2, -0.15) is 5.10 Å². The van der Waals surface area contributed by atoms with Gasteiger partial charge in [-0.15, -0.1) is 0 Å². The quantitative estimate of drug-likeness (QED) is 0.176. The lowest BCUT2D eigenvalue weighted by Gasteiger charge is -2.09. The summed E-state index contributed by atoms with van der Waals surface area (Å²) in [4.78, 5) is 34.2. The summed E-state index contributed by atoms with van der Waals surface area (Å²) in [5, 5.41) is 14.8. The number of hydrazone groups is 1. The minimum Gasteiger partial charge on any atom is -0.493 e. The van der Waals surface area contributed by atoms with E-state index in [2.05, 4.69) is 10.5 Å². The first-order chi connectivity index (χ1) is 15.5. The van der Waals surface area contributed by atoms with Crippen LogP contribution in [0.2, 0.25) is 0 Å². The molecule has 11 nitrogen and oxygen atoms in total. The number of methoxy groups -OCH3 is 1. The first kappa shape index (κ1) is 22.0. The molecule has 0 aliphatic carbocycles. The number of benzene rings is 2. The van der Waals surface area contributed by atoms with E-state index in [9.17, 15) is 19.7 Å². The molecule has 0 saturated carbocycles. The number of carbonyl (C=O) groups excluding carboxylic acids is 2. The zero-order chi connectivity index (χ0) is 22.9. The Morgan fingerprint density at radius 3 is 2.66 bits per heavy atom. The normalized spacial score (nSPS) is 10.5. The highest BCUT2D eigenvalue weighted by atomic mass is 16.6. The molecule has 0 saturated heterocycles. The van der Waals surface area contributed by atoms with E-state index in [1.54, 1.807) is 24.3 Å². The Hall–Kier alpha value is -4.67. The summed E-state index contributed by atoms with van der Waals surface area (Å²) in [5.41, 5.74) is 2.54. The topological polar surface area (TPSA) is 142 Å². The van der Waals surface area contributed by atoms with E-state index < -0.39 is 23.4 Å². The van der Waals surface area contributed by atoms with Crippen LogP contribution in [0.25, 0.3) is 0 Å². The second-order valence-corrected chi connectivity index (χ2v) is 6.08. The van der Waals surface area contributed by atoms with Crippen LogP contribution in [-0.4, -0.2) is 36.7 Å². The number of hydrogen-bond acceptors (Lipinski definition) is 9. The fourth-order valence-corrected chi connectivity index (χ4v) is 2.48. The number of amides is 1. The Morgan fingerprint density at radius 1 is 1.12 bits per heavy atom. The second-order valence-electron chi connectivity index (χ2n) is 6.08. The van der Waals surface area contributed by atoms with Crippen molar-refractivity contribution in [3.05, 3.63) is 82.3 Å². The summed E-state index contributed by atoms with van der Waals surface area (Å²) in [7, 11) is 1.41. The van der Waals surface area contributed by atoms with Gasteiger partial charge in [0.05, 0.1) is 24.5 Å². The molecule has 0 bridgehead atoms. The summed E-state index contributed by atoms with van der Waals surface area (Å²) in [6.07, 6.45) is 2.69. The Labute approximate surface area is 181 Å². The molecule has 1 aromatic heterocycles. The second kappa shape index (κ2) is 10.4. The molecule has 0 aliphatic heterocycles. The predicted molar refractivity (Wildman–Crippen MR) is 111 cm³/mol. The van der Waals surface area contributed by atoms with E-state index in [4.69, 9.17) is 18.6 Å². The Balaban J connectivity index is 1.56. The van der Waals surface area contributed by atoms with Crippen molar-refractivity contribution in [1.29, 1.82) is 0 Å². The standard InChI is InChI=1S/C21H17N3O8/c1-29-19-11-14(8-9-17(19)32-21(26)18-7-4-10-30-18)12-22-23-20(25)13-31-16-6-3-2-5-15(16)24(27)28/h2-12H,13H2,1H3,(H,23,25)/b22-12+. The monoisotopic (exact) mass is 439 g/mol. The average molecular weight is 439 g/mol. The summed E-state index contributed by atoms with van der Waals surface area (Å²) in [6.45, 7) is -0.465. The van der Waals surface area contributed by atoms with Gasteiger partial charge in [0, 0.05) is 6.07 Å². The highest BCUT2D eigenvalue weighted by Gasteiger charge is 2.16. The van der Waals surface area contributed by atoms with Gasteiger partial charge in [-0.1, -0.05) is 12.1 Å². The van der Waals surface area contributed by atoms with E-state index in [1.165, 1.54) is 49.9 Å². The lowest BCUT2D eigenvalue weighted by Crippen LogP contribution is -2.24. The summed E-state index contributed by atoms with van der Waals surface area (Å²) < 4.78 is 20.6. The third-order valence-electron chi connectivity index (χ3n) is 3.94.